The molecule has 1 atom stereocenters. The van der Waals surface area contributed by atoms with Crippen LogP contribution in [0.4, 0.5) is 0 Å². The summed E-state index contributed by atoms with van der Waals surface area (Å²) in [4.78, 5) is 25.1. The van der Waals surface area contributed by atoms with Gasteiger partial charge in [-0.05, 0) is 31.0 Å². The lowest BCUT2D eigenvalue weighted by Gasteiger charge is -2.16. The first-order valence-electron chi connectivity index (χ1n) is 9.15. The summed E-state index contributed by atoms with van der Waals surface area (Å²) in [5.41, 5.74) is 2.74. The topological polar surface area (TPSA) is 56.0 Å². The maximum atomic E-state index is 12.6. The van der Waals surface area contributed by atoms with Crippen LogP contribution in [0.25, 0.3) is 11.0 Å². The van der Waals surface area contributed by atoms with Gasteiger partial charge in [0.2, 0.25) is 5.91 Å². The van der Waals surface area contributed by atoms with Crippen molar-refractivity contribution < 1.29 is 4.79 Å². The van der Waals surface area contributed by atoms with Crippen molar-refractivity contribution in [1.29, 1.82) is 0 Å². The molecule has 1 aromatic heterocycles. The van der Waals surface area contributed by atoms with Crippen LogP contribution in [0.15, 0.2) is 59.4 Å². The number of nitrogens with zero attached hydrogens (tertiary/aromatic N) is 2. The molecule has 0 aliphatic carbocycles. The first-order valence-corrected chi connectivity index (χ1v) is 9.15. The number of carbonyl (C=O) groups excluding carboxylic acids is 1. The number of amides is 1. The van der Waals surface area contributed by atoms with Crippen molar-refractivity contribution in [3.05, 3.63) is 70.6 Å². The van der Waals surface area contributed by atoms with E-state index in [1.807, 2.05) is 49.4 Å². The van der Waals surface area contributed by atoms with Gasteiger partial charge >= 0.3 is 5.69 Å². The molecule has 1 unspecified atom stereocenters. The Bertz CT molecular complexity index is 941. The zero-order valence-corrected chi connectivity index (χ0v) is 15.3. The number of aromatic nitrogens is 2. The summed E-state index contributed by atoms with van der Waals surface area (Å²) >= 11 is 0. The molecule has 1 N–H and O–H groups in total. The third-order valence-corrected chi connectivity index (χ3v) is 4.85. The Balaban J connectivity index is 1.74. The van der Waals surface area contributed by atoms with Gasteiger partial charge in [0.25, 0.3) is 0 Å². The first-order chi connectivity index (χ1) is 12.7. The maximum absolute atomic E-state index is 12.6. The molecule has 136 valence electrons. The molecule has 0 spiro atoms. The van der Waals surface area contributed by atoms with Crippen molar-refractivity contribution in [1.82, 2.24) is 14.5 Å². The Labute approximate surface area is 153 Å². The van der Waals surface area contributed by atoms with Crippen molar-refractivity contribution in [3.63, 3.8) is 0 Å². The van der Waals surface area contributed by atoms with E-state index >= 15 is 0 Å². The van der Waals surface area contributed by atoms with Crippen LogP contribution in [0.3, 0.4) is 0 Å². The molecule has 0 fully saturated rings. The number of benzene rings is 2. The quantitative estimate of drug-likeness (QED) is 0.711. The van der Waals surface area contributed by atoms with Gasteiger partial charge in [0.15, 0.2) is 0 Å². The van der Waals surface area contributed by atoms with E-state index in [4.69, 9.17) is 0 Å². The van der Waals surface area contributed by atoms with Crippen molar-refractivity contribution in [3.8, 4) is 0 Å². The molecule has 5 heteroatoms. The largest absolute Gasteiger partial charge is 0.354 e. The van der Waals surface area contributed by atoms with E-state index in [0.717, 1.165) is 17.5 Å². The molecule has 1 heterocycles. The Morgan fingerprint density at radius 1 is 0.962 bits per heavy atom. The fourth-order valence-corrected chi connectivity index (χ4v) is 3.39. The van der Waals surface area contributed by atoms with Crippen molar-refractivity contribution in [2.24, 2.45) is 0 Å². The van der Waals surface area contributed by atoms with Crippen LogP contribution < -0.4 is 11.0 Å². The number of para-hydroxylation sites is 2. The molecule has 1 amide bonds. The second-order valence-corrected chi connectivity index (χ2v) is 6.42. The second-order valence-electron chi connectivity index (χ2n) is 6.42. The fraction of sp³-hybridized carbons (Fsp3) is 0.333. The normalized spacial score (nSPS) is 12.2. The summed E-state index contributed by atoms with van der Waals surface area (Å²) in [5.74, 6) is 0.134. The number of carbonyl (C=O) groups is 1. The van der Waals surface area contributed by atoms with Gasteiger partial charge in [-0.3, -0.25) is 13.9 Å². The van der Waals surface area contributed by atoms with Gasteiger partial charge < -0.3 is 5.32 Å². The predicted octanol–water partition coefficient (Wildman–Crippen LogP) is 3.13. The highest BCUT2D eigenvalue weighted by molar-refractivity contribution is 5.81. The zero-order valence-electron chi connectivity index (χ0n) is 15.3. The lowest BCUT2D eigenvalue weighted by atomic mass is 9.96. The van der Waals surface area contributed by atoms with Crippen LogP contribution in [0.2, 0.25) is 0 Å². The summed E-state index contributed by atoms with van der Waals surface area (Å²) in [7, 11) is 0. The van der Waals surface area contributed by atoms with Gasteiger partial charge in [-0.15, -0.1) is 0 Å². The highest BCUT2D eigenvalue weighted by atomic mass is 16.2. The number of rotatable bonds is 7. The van der Waals surface area contributed by atoms with Crippen LogP contribution in [0.5, 0.6) is 0 Å². The molecule has 0 aliphatic rings. The van der Waals surface area contributed by atoms with Crippen molar-refractivity contribution in [2.45, 2.75) is 39.3 Å². The van der Waals surface area contributed by atoms with Gasteiger partial charge in [-0.25, -0.2) is 4.79 Å². The molecular formula is C21H25N3O2. The summed E-state index contributed by atoms with van der Waals surface area (Å²) in [6.45, 7) is 5.24. The van der Waals surface area contributed by atoms with Crippen molar-refractivity contribution in [2.75, 3.05) is 6.54 Å². The van der Waals surface area contributed by atoms with Crippen LogP contribution in [-0.4, -0.2) is 21.6 Å². The molecule has 26 heavy (non-hydrogen) atoms. The van der Waals surface area contributed by atoms with E-state index in [-0.39, 0.29) is 24.1 Å². The molecule has 0 aliphatic heterocycles. The summed E-state index contributed by atoms with van der Waals surface area (Å²) in [6.07, 6.45) is 0.944. The minimum atomic E-state index is -0.140. The van der Waals surface area contributed by atoms with Crippen LogP contribution in [-0.2, 0) is 17.9 Å². The number of hydrogen-bond donors (Lipinski definition) is 1. The highest BCUT2D eigenvalue weighted by Crippen LogP contribution is 2.18. The predicted molar refractivity (Wildman–Crippen MR) is 104 cm³/mol. The molecule has 2 aromatic carbocycles. The third kappa shape index (κ3) is 3.57. The van der Waals surface area contributed by atoms with Gasteiger partial charge in [-0.1, -0.05) is 49.4 Å². The summed E-state index contributed by atoms with van der Waals surface area (Å²) < 4.78 is 3.25. The van der Waals surface area contributed by atoms with Crippen LogP contribution in [0, 0.1) is 0 Å². The molecule has 5 nitrogen and oxygen atoms in total. The molecule has 0 bridgehead atoms. The monoisotopic (exact) mass is 351 g/mol. The minimum absolute atomic E-state index is 0.0393. The zero-order chi connectivity index (χ0) is 18.5. The van der Waals surface area contributed by atoms with E-state index in [1.165, 1.54) is 5.56 Å². The van der Waals surface area contributed by atoms with E-state index in [9.17, 15) is 9.59 Å². The molecule has 0 saturated carbocycles. The number of imidazole rings is 1. The molecule has 3 aromatic rings. The fourth-order valence-electron chi connectivity index (χ4n) is 3.39. The van der Waals surface area contributed by atoms with E-state index in [2.05, 4.69) is 24.4 Å². The Morgan fingerprint density at radius 3 is 2.19 bits per heavy atom. The van der Waals surface area contributed by atoms with Gasteiger partial charge in [0.1, 0.15) is 6.54 Å². The Kier molecular flexibility index (Phi) is 5.56. The highest BCUT2D eigenvalue weighted by Gasteiger charge is 2.15. The van der Waals surface area contributed by atoms with Crippen LogP contribution >= 0.6 is 0 Å². The van der Waals surface area contributed by atoms with Gasteiger partial charge in [0.05, 0.1) is 11.0 Å². The number of fused-ring (bicyclic) bond motifs is 1. The smallest absolute Gasteiger partial charge is 0.329 e. The van der Waals surface area contributed by atoms with Crippen molar-refractivity contribution >= 4 is 16.9 Å². The summed E-state index contributed by atoms with van der Waals surface area (Å²) in [5, 5.41) is 2.99. The SMILES string of the molecule is CCC(CNC(=O)Cn1c(=O)n(CC)c2ccccc21)c1ccccc1. The average molecular weight is 351 g/mol. The summed E-state index contributed by atoms with van der Waals surface area (Å²) in [6, 6.07) is 17.8. The van der Waals surface area contributed by atoms with E-state index < -0.39 is 0 Å². The standard InChI is InChI=1S/C21H25N3O2/c1-3-16(17-10-6-5-7-11-17)14-22-20(25)15-24-19-13-9-8-12-18(19)23(4-2)21(24)26/h5-13,16H,3-4,14-15H2,1-2H3,(H,22,25). The number of aryl methyl sites for hydroxylation is 1. The van der Waals surface area contributed by atoms with Gasteiger partial charge in [0, 0.05) is 19.0 Å². The molecule has 3 rings (SSSR count). The van der Waals surface area contributed by atoms with E-state index in [0.29, 0.717) is 13.1 Å². The van der Waals surface area contributed by atoms with Gasteiger partial charge in [-0.2, -0.15) is 0 Å². The molecule has 0 saturated heterocycles. The second kappa shape index (κ2) is 8.04. The lowest BCUT2D eigenvalue weighted by molar-refractivity contribution is -0.121. The minimum Gasteiger partial charge on any atom is -0.354 e. The maximum Gasteiger partial charge on any atom is 0.329 e. The Hall–Kier alpha value is -2.82. The Morgan fingerprint density at radius 2 is 1.58 bits per heavy atom. The van der Waals surface area contributed by atoms with Crippen LogP contribution in [0.1, 0.15) is 31.7 Å². The average Bonchev–Trinajstić information content (AvgIpc) is 2.94. The first kappa shape index (κ1) is 18.0. The molecular weight excluding hydrogens is 326 g/mol. The number of hydrogen-bond acceptors (Lipinski definition) is 2. The third-order valence-electron chi connectivity index (χ3n) is 4.85. The lowest BCUT2D eigenvalue weighted by Crippen LogP contribution is -2.35. The number of nitrogens with one attached hydrogen (secondary N) is 1. The molecule has 0 radical (unpaired) electrons. The van der Waals surface area contributed by atoms with E-state index in [1.54, 1.807) is 9.13 Å².